The highest BCUT2D eigenvalue weighted by Crippen LogP contribution is 2.18. The van der Waals surface area contributed by atoms with Crippen LogP contribution in [0.2, 0.25) is 0 Å². The van der Waals surface area contributed by atoms with Gasteiger partial charge in [0.25, 0.3) is 0 Å². The maximum atomic E-state index is 11.5. The third kappa shape index (κ3) is 2.33. The predicted octanol–water partition coefficient (Wildman–Crippen LogP) is 1.72. The number of benzene rings is 1. The Labute approximate surface area is 85.2 Å². The van der Waals surface area contributed by atoms with Crippen LogP contribution < -0.4 is 4.72 Å². The molecule has 78 valence electrons. The summed E-state index contributed by atoms with van der Waals surface area (Å²) in [4.78, 5) is 0.325. The molecule has 0 radical (unpaired) electrons. The van der Waals surface area contributed by atoms with Crippen LogP contribution in [0.15, 0.2) is 29.2 Å². The van der Waals surface area contributed by atoms with Crippen molar-refractivity contribution in [3.05, 3.63) is 29.8 Å². The molecule has 0 heterocycles. The summed E-state index contributed by atoms with van der Waals surface area (Å²) in [5, 5.41) is 0. The second kappa shape index (κ2) is 4.11. The van der Waals surface area contributed by atoms with Crippen LogP contribution in [-0.4, -0.2) is 15.5 Å². The predicted molar refractivity (Wildman–Crippen MR) is 56.8 cm³/mol. The van der Waals surface area contributed by atoms with Gasteiger partial charge in [0.1, 0.15) is 0 Å². The number of hydrogen-bond donors (Lipinski definition) is 1. The number of sulfonamides is 1. The lowest BCUT2D eigenvalue weighted by atomic mass is 10.0. The maximum absolute atomic E-state index is 11.5. The zero-order valence-electron chi connectivity index (χ0n) is 8.61. The highest BCUT2D eigenvalue weighted by atomic mass is 32.2. The topological polar surface area (TPSA) is 46.2 Å². The number of hydrogen-bond acceptors (Lipinski definition) is 2. The summed E-state index contributed by atoms with van der Waals surface area (Å²) in [5.41, 5.74) is 1.03. The van der Waals surface area contributed by atoms with Crippen molar-refractivity contribution in [3.63, 3.8) is 0 Å². The molecule has 0 fully saturated rings. The molecule has 0 spiro atoms. The highest BCUT2D eigenvalue weighted by molar-refractivity contribution is 7.89. The minimum Gasteiger partial charge on any atom is -0.214 e. The Morgan fingerprint density at radius 2 is 1.93 bits per heavy atom. The van der Waals surface area contributed by atoms with Crippen LogP contribution in [-0.2, 0) is 10.0 Å². The molecule has 4 heteroatoms. The van der Waals surface area contributed by atoms with Crippen molar-refractivity contribution in [2.75, 3.05) is 7.05 Å². The lowest BCUT2D eigenvalue weighted by molar-refractivity contribution is 0.588. The largest absolute Gasteiger partial charge is 0.240 e. The minimum absolute atomic E-state index is 0.325. The fourth-order valence-electron chi connectivity index (χ4n) is 1.16. The molecule has 0 amide bonds. The molecule has 1 rings (SSSR count). The van der Waals surface area contributed by atoms with Crippen molar-refractivity contribution < 1.29 is 8.42 Å². The van der Waals surface area contributed by atoms with E-state index in [0.29, 0.717) is 10.8 Å². The van der Waals surface area contributed by atoms with Crippen LogP contribution in [0, 0.1) is 0 Å². The Hall–Kier alpha value is -0.870. The van der Waals surface area contributed by atoms with Crippen LogP contribution in [0.4, 0.5) is 0 Å². The fourth-order valence-corrected chi connectivity index (χ4v) is 1.94. The van der Waals surface area contributed by atoms with E-state index in [0.717, 1.165) is 5.56 Å². The van der Waals surface area contributed by atoms with Crippen molar-refractivity contribution >= 4 is 10.0 Å². The second-order valence-electron chi connectivity index (χ2n) is 3.43. The Balaban J connectivity index is 3.19. The smallest absolute Gasteiger partial charge is 0.214 e. The molecule has 0 saturated heterocycles. The van der Waals surface area contributed by atoms with E-state index in [1.807, 2.05) is 19.9 Å². The van der Waals surface area contributed by atoms with E-state index < -0.39 is 10.0 Å². The zero-order chi connectivity index (χ0) is 10.8. The van der Waals surface area contributed by atoms with Gasteiger partial charge >= 0.3 is 0 Å². The Morgan fingerprint density at radius 1 is 1.29 bits per heavy atom. The first kappa shape index (κ1) is 11.2. The van der Waals surface area contributed by atoms with E-state index in [4.69, 9.17) is 0 Å². The van der Waals surface area contributed by atoms with Gasteiger partial charge in [0.15, 0.2) is 0 Å². The number of rotatable bonds is 3. The molecule has 0 aliphatic rings. The molecular weight excluding hydrogens is 198 g/mol. The summed E-state index contributed by atoms with van der Waals surface area (Å²) in [6.45, 7) is 4.07. The lowest BCUT2D eigenvalue weighted by Crippen LogP contribution is -2.18. The van der Waals surface area contributed by atoms with Gasteiger partial charge in [-0.2, -0.15) is 0 Å². The van der Waals surface area contributed by atoms with Gasteiger partial charge in [0, 0.05) is 0 Å². The SMILES string of the molecule is CNS(=O)(=O)c1cccc(C(C)C)c1. The molecule has 1 aromatic carbocycles. The molecule has 0 unspecified atom stereocenters. The molecule has 14 heavy (non-hydrogen) atoms. The van der Waals surface area contributed by atoms with Crippen molar-refractivity contribution in [2.45, 2.75) is 24.7 Å². The molecule has 1 aromatic rings. The average molecular weight is 213 g/mol. The van der Waals surface area contributed by atoms with Gasteiger partial charge in [-0.25, -0.2) is 13.1 Å². The summed E-state index contributed by atoms with van der Waals surface area (Å²) in [6.07, 6.45) is 0. The fraction of sp³-hybridized carbons (Fsp3) is 0.400. The van der Waals surface area contributed by atoms with Crippen molar-refractivity contribution in [1.82, 2.24) is 4.72 Å². The minimum atomic E-state index is -3.30. The average Bonchev–Trinajstić information content (AvgIpc) is 2.18. The summed E-state index contributed by atoms with van der Waals surface area (Å²) < 4.78 is 25.2. The molecule has 0 aromatic heterocycles. The van der Waals surface area contributed by atoms with E-state index in [9.17, 15) is 8.42 Å². The van der Waals surface area contributed by atoms with Gasteiger partial charge in [-0.05, 0) is 30.7 Å². The summed E-state index contributed by atoms with van der Waals surface area (Å²) in [7, 11) is -1.89. The van der Waals surface area contributed by atoms with E-state index in [1.54, 1.807) is 18.2 Å². The molecule has 0 atom stereocenters. The second-order valence-corrected chi connectivity index (χ2v) is 5.32. The van der Waals surface area contributed by atoms with Crippen LogP contribution in [0.25, 0.3) is 0 Å². The third-order valence-electron chi connectivity index (χ3n) is 2.10. The van der Waals surface area contributed by atoms with Crippen molar-refractivity contribution in [1.29, 1.82) is 0 Å². The van der Waals surface area contributed by atoms with Crippen LogP contribution in [0.1, 0.15) is 25.3 Å². The van der Waals surface area contributed by atoms with E-state index in [2.05, 4.69) is 4.72 Å². The first-order chi connectivity index (χ1) is 6.47. The first-order valence-electron chi connectivity index (χ1n) is 4.51. The van der Waals surface area contributed by atoms with E-state index in [-0.39, 0.29) is 0 Å². The molecule has 0 bridgehead atoms. The summed E-state index contributed by atoms with van der Waals surface area (Å²) >= 11 is 0. The normalized spacial score (nSPS) is 12.0. The van der Waals surface area contributed by atoms with Crippen molar-refractivity contribution in [3.8, 4) is 0 Å². The summed E-state index contributed by atoms with van der Waals surface area (Å²) in [5.74, 6) is 0.335. The van der Waals surface area contributed by atoms with E-state index >= 15 is 0 Å². The zero-order valence-corrected chi connectivity index (χ0v) is 9.43. The molecule has 1 N–H and O–H groups in total. The Morgan fingerprint density at radius 3 is 2.43 bits per heavy atom. The third-order valence-corrected chi connectivity index (χ3v) is 3.52. The molecular formula is C10H15NO2S. The summed E-state index contributed by atoms with van der Waals surface area (Å²) in [6, 6.07) is 6.99. The maximum Gasteiger partial charge on any atom is 0.240 e. The molecule has 0 saturated carbocycles. The number of nitrogens with one attached hydrogen (secondary N) is 1. The monoisotopic (exact) mass is 213 g/mol. The first-order valence-corrected chi connectivity index (χ1v) is 5.99. The molecule has 3 nitrogen and oxygen atoms in total. The van der Waals surface area contributed by atoms with Crippen LogP contribution in [0.3, 0.4) is 0 Å². The van der Waals surface area contributed by atoms with E-state index in [1.165, 1.54) is 7.05 Å². The Bertz CT molecular complexity index is 410. The van der Waals surface area contributed by atoms with Gasteiger partial charge in [0.2, 0.25) is 10.0 Å². The van der Waals surface area contributed by atoms with Gasteiger partial charge in [-0.1, -0.05) is 26.0 Å². The Kier molecular flexibility index (Phi) is 3.29. The van der Waals surface area contributed by atoms with Gasteiger partial charge in [-0.3, -0.25) is 0 Å². The lowest BCUT2D eigenvalue weighted by Gasteiger charge is -2.07. The van der Waals surface area contributed by atoms with Crippen LogP contribution in [0.5, 0.6) is 0 Å². The van der Waals surface area contributed by atoms with Crippen LogP contribution >= 0.6 is 0 Å². The van der Waals surface area contributed by atoms with Crippen molar-refractivity contribution in [2.24, 2.45) is 0 Å². The quantitative estimate of drug-likeness (QED) is 0.831. The highest BCUT2D eigenvalue weighted by Gasteiger charge is 2.11. The standard InChI is InChI=1S/C10H15NO2S/c1-8(2)9-5-4-6-10(7-9)14(12,13)11-3/h4-8,11H,1-3H3. The van der Waals surface area contributed by atoms with Gasteiger partial charge in [0.05, 0.1) is 4.90 Å². The molecule has 0 aliphatic carbocycles. The van der Waals surface area contributed by atoms with Gasteiger partial charge in [-0.15, -0.1) is 0 Å². The molecule has 0 aliphatic heterocycles. The van der Waals surface area contributed by atoms with Gasteiger partial charge < -0.3 is 0 Å².